The van der Waals surface area contributed by atoms with Crippen LogP contribution in [0.4, 0.5) is 0 Å². The maximum absolute atomic E-state index is 6.36. The molecule has 0 N–H and O–H groups in total. The smallest absolute Gasteiger partial charge is 0.483 e. The topological polar surface area (TPSA) is 27.7 Å². The van der Waals surface area contributed by atoms with Gasteiger partial charge in [0, 0.05) is 0 Å². The van der Waals surface area contributed by atoms with Gasteiger partial charge in [-0.15, -0.1) is 0 Å². The number of para-hydroxylation sites is 3. The van der Waals surface area contributed by atoms with Crippen LogP contribution in [0.15, 0.2) is 103 Å². The first-order valence-electron chi connectivity index (χ1n) is 8.63. The van der Waals surface area contributed by atoms with Crippen LogP contribution in [0.1, 0.15) is 6.92 Å². The molecule has 0 saturated heterocycles. The van der Waals surface area contributed by atoms with Crippen LogP contribution in [0, 0.1) is 0 Å². The Balaban J connectivity index is 1.97. The summed E-state index contributed by atoms with van der Waals surface area (Å²) in [5, 5.41) is 0. The molecule has 0 aliphatic rings. The first-order chi connectivity index (χ1) is 12.8. The van der Waals surface area contributed by atoms with E-state index in [0.29, 0.717) is 6.04 Å². The minimum atomic E-state index is -3.13. The van der Waals surface area contributed by atoms with Crippen molar-refractivity contribution in [2.24, 2.45) is 0 Å². The standard InChI is InChI=1S/C22H22O3Si/c1-2-3-19-26(23-20-13-7-4-8-14-20,24-21-15-9-5-10-16-21)25-22-17-11-6-12-18-22/h2-18H,19H2,1H3/b3-2+. The second kappa shape index (κ2) is 8.92. The van der Waals surface area contributed by atoms with E-state index in [-0.39, 0.29) is 0 Å². The summed E-state index contributed by atoms with van der Waals surface area (Å²) in [6, 6.07) is 29.6. The molecular formula is C22H22O3Si. The molecule has 0 heterocycles. The molecule has 3 aromatic rings. The van der Waals surface area contributed by atoms with Crippen molar-refractivity contribution in [3.63, 3.8) is 0 Å². The molecule has 26 heavy (non-hydrogen) atoms. The van der Waals surface area contributed by atoms with E-state index in [1.807, 2.05) is 110 Å². The lowest BCUT2D eigenvalue weighted by atomic mass is 10.3. The van der Waals surface area contributed by atoms with Gasteiger partial charge in [-0.05, 0) is 43.3 Å². The van der Waals surface area contributed by atoms with E-state index in [0.717, 1.165) is 17.2 Å². The van der Waals surface area contributed by atoms with Crippen molar-refractivity contribution in [2.45, 2.75) is 13.0 Å². The molecule has 0 amide bonds. The van der Waals surface area contributed by atoms with Gasteiger partial charge in [-0.1, -0.05) is 66.7 Å². The van der Waals surface area contributed by atoms with E-state index in [1.54, 1.807) is 0 Å². The van der Waals surface area contributed by atoms with Crippen LogP contribution >= 0.6 is 0 Å². The molecule has 0 bridgehead atoms. The minimum absolute atomic E-state index is 0.558. The van der Waals surface area contributed by atoms with Crippen molar-refractivity contribution in [2.75, 3.05) is 0 Å². The van der Waals surface area contributed by atoms with Crippen LogP contribution in [0.3, 0.4) is 0 Å². The molecule has 0 aromatic heterocycles. The summed E-state index contributed by atoms with van der Waals surface area (Å²) in [6.07, 6.45) is 4.01. The molecule has 132 valence electrons. The summed E-state index contributed by atoms with van der Waals surface area (Å²) in [5.74, 6) is 2.20. The van der Waals surface area contributed by atoms with Crippen LogP contribution < -0.4 is 13.3 Å². The molecule has 0 radical (unpaired) electrons. The van der Waals surface area contributed by atoms with Crippen molar-refractivity contribution < 1.29 is 13.3 Å². The monoisotopic (exact) mass is 362 g/mol. The maximum Gasteiger partial charge on any atom is 0.703 e. The number of hydrogen-bond donors (Lipinski definition) is 0. The summed E-state index contributed by atoms with van der Waals surface area (Å²) < 4.78 is 19.1. The molecule has 0 aliphatic carbocycles. The Kier molecular flexibility index (Phi) is 6.12. The first-order valence-corrected chi connectivity index (χ1v) is 10.6. The van der Waals surface area contributed by atoms with Gasteiger partial charge in [-0.25, -0.2) is 0 Å². The number of allylic oxidation sites excluding steroid dienone is 2. The van der Waals surface area contributed by atoms with E-state index < -0.39 is 8.80 Å². The summed E-state index contributed by atoms with van der Waals surface area (Å²) >= 11 is 0. The second-order valence-electron chi connectivity index (χ2n) is 5.70. The third-order valence-corrected chi connectivity index (χ3v) is 6.03. The summed E-state index contributed by atoms with van der Waals surface area (Å²) in [5.41, 5.74) is 0. The Bertz CT molecular complexity index is 703. The highest BCUT2D eigenvalue weighted by atomic mass is 28.4. The zero-order chi connectivity index (χ0) is 18.1. The van der Waals surface area contributed by atoms with Gasteiger partial charge in [-0.3, -0.25) is 0 Å². The fraction of sp³-hybridized carbons (Fsp3) is 0.0909. The van der Waals surface area contributed by atoms with Crippen LogP contribution in [0.25, 0.3) is 0 Å². The lowest BCUT2D eigenvalue weighted by Crippen LogP contribution is -2.54. The highest BCUT2D eigenvalue weighted by molar-refractivity contribution is 6.63. The highest BCUT2D eigenvalue weighted by Gasteiger charge is 2.48. The van der Waals surface area contributed by atoms with Gasteiger partial charge in [0.05, 0.1) is 6.04 Å². The van der Waals surface area contributed by atoms with Crippen molar-refractivity contribution in [1.82, 2.24) is 0 Å². The fourth-order valence-electron chi connectivity index (χ4n) is 2.45. The summed E-state index contributed by atoms with van der Waals surface area (Å²) in [6.45, 7) is 1.98. The van der Waals surface area contributed by atoms with Crippen LogP contribution in [-0.2, 0) is 0 Å². The Labute approximate surface area is 155 Å². The third-order valence-electron chi connectivity index (χ3n) is 3.65. The third kappa shape index (κ3) is 5.01. The zero-order valence-corrected chi connectivity index (χ0v) is 15.7. The van der Waals surface area contributed by atoms with E-state index in [9.17, 15) is 0 Å². The molecule has 3 nitrogen and oxygen atoms in total. The Hall–Kier alpha value is -2.98. The lowest BCUT2D eigenvalue weighted by molar-refractivity contribution is 0.265. The minimum Gasteiger partial charge on any atom is -0.483 e. The molecule has 0 fully saturated rings. The van der Waals surface area contributed by atoms with Gasteiger partial charge in [-0.2, -0.15) is 0 Å². The first kappa shape index (κ1) is 17.8. The van der Waals surface area contributed by atoms with Gasteiger partial charge < -0.3 is 13.3 Å². The predicted octanol–water partition coefficient (Wildman–Crippen LogP) is 5.74. The number of hydrogen-bond acceptors (Lipinski definition) is 3. The Morgan fingerprint density at radius 1 is 0.615 bits per heavy atom. The van der Waals surface area contributed by atoms with Crippen molar-refractivity contribution in [1.29, 1.82) is 0 Å². The molecule has 3 rings (SSSR count). The zero-order valence-electron chi connectivity index (χ0n) is 14.7. The Morgan fingerprint density at radius 3 is 1.27 bits per heavy atom. The van der Waals surface area contributed by atoms with Gasteiger partial charge in [0.25, 0.3) is 0 Å². The largest absolute Gasteiger partial charge is 0.703 e. The molecule has 0 spiro atoms. The van der Waals surface area contributed by atoms with Crippen LogP contribution in [0.5, 0.6) is 17.2 Å². The number of rotatable bonds is 8. The lowest BCUT2D eigenvalue weighted by Gasteiger charge is -2.29. The van der Waals surface area contributed by atoms with E-state index in [4.69, 9.17) is 13.3 Å². The average Bonchev–Trinajstić information content (AvgIpc) is 2.69. The van der Waals surface area contributed by atoms with E-state index >= 15 is 0 Å². The maximum atomic E-state index is 6.36. The molecule has 3 aromatic carbocycles. The van der Waals surface area contributed by atoms with E-state index in [2.05, 4.69) is 0 Å². The van der Waals surface area contributed by atoms with Crippen LogP contribution in [-0.4, -0.2) is 8.80 Å². The fourth-order valence-corrected chi connectivity index (χ4v) is 4.84. The van der Waals surface area contributed by atoms with Crippen molar-refractivity contribution in [3.05, 3.63) is 103 Å². The predicted molar refractivity (Wildman–Crippen MR) is 107 cm³/mol. The highest BCUT2D eigenvalue weighted by Crippen LogP contribution is 2.26. The summed E-state index contributed by atoms with van der Waals surface area (Å²) in [7, 11) is -3.13. The quantitative estimate of drug-likeness (QED) is 0.378. The molecule has 0 atom stereocenters. The SMILES string of the molecule is C/C=C/C[Si](Oc1ccccc1)(Oc1ccccc1)Oc1ccccc1. The van der Waals surface area contributed by atoms with E-state index in [1.165, 1.54) is 0 Å². The molecular weight excluding hydrogens is 340 g/mol. The molecule has 4 heteroatoms. The van der Waals surface area contributed by atoms with Gasteiger partial charge >= 0.3 is 8.80 Å². The normalized spacial score (nSPS) is 11.3. The average molecular weight is 363 g/mol. The molecule has 0 unspecified atom stereocenters. The van der Waals surface area contributed by atoms with Crippen molar-refractivity contribution in [3.8, 4) is 17.2 Å². The molecule has 0 aliphatic heterocycles. The van der Waals surface area contributed by atoms with Gasteiger partial charge in [0.1, 0.15) is 17.2 Å². The molecule has 0 saturated carbocycles. The van der Waals surface area contributed by atoms with Gasteiger partial charge in [0.2, 0.25) is 0 Å². The second-order valence-corrected chi connectivity index (χ2v) is 8.09. The summed E-state index contributed by atoms with van der Waals surface area (Å²) in [4.78, 5) is 0. The van der Waals surface area contributed by atoms with Crippen LogP contribution in [0.2, 0.25) is 6.04 Å². The number of benzene rings is 3. The Morgan fingerprint density at radius 2 is 0.962 bits per heavy atom. The van der Waals surface area contributed by atoms with Crippen molar-refractivity contribution >= 4 is 8.80 Å². The van der Waals surface area contributed by atoms with Gasteiger partial charge in [0.15, 0.2) is 0 Å².